The molecule has 1 heterocycles. The molecule has 0 saturated carbocycles. The fourth-order valence-electron chi connectivity index (χ4n) is 12.6. The maximum Gasteiger partial charge on any atom is 0.159 e. The molecule has 2 aliphatic rings. The van der Waals surface area contributed by atoms with E-state index in [4.69, 9.17) is 9.97 Å². The maximum atomic E-state index is 5.44. The van der Waals surface area contributed by atoms with E-state index in [9.17, 15) is 0 Å². The van der Waals surface area contributed by atoms with Crippen LogP contribution >= 0.6 is 0 Å². The normalized spacial score (nSPS) is 14.0. The van der Waals surface area contributed by atoms with E-state index in [0.29, 0.717) is 0 Å². The molecule has 1 aromatic heterocycles. The van der Waals surface area contributed by atoms with Crippen LogP contribution in [0.3, 0.4) is 0 Å². The molecule has 0 amide bonds. The van der Waals surface area contributed by atoms with Crippen LogP contribution < -0.4 is 0 Å². The van der Waals surface area contributed by atoms with Gasteiger partial charge in [-0.05, 0) is 102 Å². The Balaban J connectivity index is 1.22. The molecule has 2 aliphatic carbocycles. The van der Waals surface area contributed by atoms with Crippen molar-refractivity contribution < 1.29 is 0 Å². The largest absolute Gasteiger partial charge is 0.233 e. The molecule has 0 N–H and O–H groups in total. The fourth-order valence-corrected chi connectivity index (χ4v) is 12.6. The zero-order valence-electron chi connectivity index (χ0n) is 42.8. The zero-order valence-corrected chi connectivity index (χ0v) is 42.8. The number of fused-ring (bicyclic) bond motifs is 6. The van der Waals surface area contributed by atoms with E-state index >= 15 is 0 Å². The Morgan fingerprint density at radius 1 is 0.333 bits per heavy atom. The van der Waals surface area contributed by atoms with Gasteiger partial charge in [-0.15, -0.1) is 0 Å². The van der Waals surface area contributed by atoms with Crippen molar-refractivity contribution in [2.24, 2.45) is 0 Å². The summed E-state index contributed by atoms with van der Waals surface area (Å²) in [6.07, 6.45) is 36.9. The first kappa shape index (κ1) is 49.9. The number of hydrogen-bond acceptors (Lipinski definition) is 2. The summed E-state index contributed by atoms with van der Waals surface area (Å²) in [6.45, 7) is 13.8. The van der Waals surface area contributed by atoms with Gasteiger partial charge in [-0.1, -0.05) is 255 Å². The van der Waals surface area contributed by atoms with Crippen molar-refractivity contribution in [2.75, 3.05) is 0 Å². The lowest BCUT2D eigenvalue weighted by atomic mass is 9.70. The third kappa shape index (κ3) is 11.3. The highest BCUT2D eigenvalue weighted by Crippen LogP contribution is 2.57. The summed E-state index contributed by atoms with van der Waals surface area (Å²) in [6, 6.07) is 33.5. The van der Waals surface area contributed by atoms with Crippen LogP contribution in [0.1, 0.15) is 241 Å². The molecule has 354 valence electrons. The van der Waals surface area contributed by atoms with Crippen molar-refractivity contribution in [3.8, 4) is 44.8 Å². The van der Waals surface area contributed by atoms with Gasteiger partial charge in [-0.2, -0.15) is 0 Å². The summed E-state index contributed by atoms with van der Waals surface area (Å²) in [5.74, 6) is 0.870. The van der Waals surface area contributed by atoms with E-state index in [2.05, 4.69) is 126 Å². The van der Waals surface area contributed by atoms with Gasteiger partial charge in [0.2, 0.25) is 0 Å². The number of benzene rings is 4. The summed E-state index contributed by atoms with van der Waals surface area (Å²) >= 11 is 0. The standard InChI is InChI=1S/C64H88N2/c1-7-11-15-19-23-31-43-63(44-32-24-20-16-12-8-2)57-37-29-27-35-53(57)55-41-39-51(47-59(55)63)61-49(5)65-62(66-50(61)6)52-40-42-56-54-36-28-30-38-58(54)64(60(56)48-52,45-33-25-21-17-13-9-3)46-34-26-22-18-14-10-4/h27-30,35-42,47-48H,7-26,31-34,43-46H2,1-6H3. The second-order valence-corrected chi connectivity index (χ2v) is 20.9. The van der Waals surface area contributed by atoms with Crippen molar-refractivity contribution in [2.45, 2.75) is 232 Å². The average molecular weight is 885 g/mol. The van der Waals surface area contributed by atoms with Gasteiger partial charge in [-0.25, -0.2) is 9.97 Å². The minimum absolute atomic E-state index is 0.0426. The SMILES string of the molecule is CCCCCCCCC1(CCCCCCCC)c2ccccc2-c2ccc(-c3nc(C)c(-c4ccc5c(c4)C(CCCCCCCC)(CCCCCCCC)c4ccccc4-5)c(C)n3)cc21. The van der Waals surface area contributed by atoms with Crippen molar-refractivity contribution in [3.05, 3.63) is 119 Å². The minimum Gasteiger partial charge on any atom is -0.233 e. The van der Waals surface area contributed by atoms with E-state index in [-0.39, 0.29) is 10.8 Å². The molecule has 0 aliphatic heterocycles. The maximum absolute atomic E-state index is 5.44. The van der Waals surface area contributed by atoms with Crippen LogP contribution in [0.4, 0.5) is 0 Å². The lowest BCUT2D eigenvalue weighted by Gasteiger charge is -2.33. The highest BCUT2D eigenvalue weighted by molar-refractivity contribution is 5.86. The molecule has 0 fully saturated rings. The predicted octanol–water partition coefficient (Wildman–Crippen LogP) is 20.0. The molecular weight excluding hydrogens is 797 g/mol. The van der Waals surface area contributed by atoms with Gasteiger partial charge >= 0.3 is 0 Å². The van der Waals surface area contributed by atoms with Gasteiger partial charge in [0.15, 0.2) is 5.82 Å². The van der Waals surface area contributed by atoms with Crippen molar-refractivity contribution in [1.29, 1.82) is 0 Å². The van der Waals surface area contributed by atoms with E-state index in [1.807, 2.05) is 0 Å². The Hall–Kier alpha value is -4.04. The summed E-state index contributed by atoms with van der Waals surface area (Å²) in [4.78, 5) is 10.9. The summed E-state index contributed by atoms with van der Waals surface area (Å²) in [7, 11) is 0. The highest BCUT2D eigenvalue weighted by Gasteiger charge is 2.44. The van der Waals surface area contributed by atoms with Gasteiger partial charge in [-0.3, -0.25) is 0 Å². The number of unbranched alkanes of at least 4 members (excludes halogenated alkanes) is 20. The lowest BCUT2D eigenvalue weighted by molar-refractivity contribution is 0.398. The molecule has 0 unspecified atom stereocenters. The number of nitrogens with zero attached hydrogens (tertiary/aromatic N) is 2. The molecule has 0 bridgehead atoms. The van der Waals surface area contributed by atoms with Gasteiger partial charge in [0, 0.05) is 33.3 Å². The molecule has 5 aromatic rings. The first-order valence-corrected chi connectivity index (χ1v) is 27.8. The number of aromatic nitrogens is 2. The monoisotopic (exact) mass is 885 g/mol. The van der Waals surface area contributed by atoms with E-state index in [1.165, 1.54) is 219 Å². The topological polar surface area (TPSA) is 25.8 Å². The highest BCUT2D eigenvalue weighted by atomic mass is 14.9. The predicted molar refractivity (Wildman–Crippen MR) is 287 cm³/mol. The van der Waals surface area contributed by atoms with E-state index in [1.54, 1.807) is 16.7 Å². The molecule has 0 spiro atoms. The molecule has 4 aromatic carbocycles. The molecule has 0 atom stereocenters. The van der Waals surface area contributed by atoms with Crippen LogP contribution in [-0.4, -0.2) is 9.97 Å². The van der Waals surface area contributed by atoms with Gasteiger partial charge < -0.3 is 0 Å². The lowest BCUT2D eigenvalue weighted by Crippen LogP contribution is -2.25. The van der Waals surface area contributed by atoms with E-state index < -0.39 is 0 Å². The molecule has 0 saturated heterocycles. The summed E-state index contributed by atoms with van der Waals surface area (Å²) in [5.41, 5.74) is 17.9. The minimum atomic E-state index is 0.0426. The molecule has 7 rings (SSSR count). The fraction of sp³-hybridized carbons (Fsp3) is 0.562. The Kier molecular flexibility index (Phi) is 18.8. The zero-order chi connectivity index (χ0) is 46.2. The first-order chi connectivity index (χ1) is 32.4. The van der Waals surface area contributed by atoms with Gasteiger partial charge in [0.1, 0.15) is 0 Å². The van der Waals surface area contributed by atoms with Gasteiger partial charge in [0.05, 0.1) is 0 Å². The quantitative estimate of drug-likeness (QED) is 0.0429. The van der Waals surface area contributed by atoms with Crippen LogP contribution in [0.15, 0.2) is 84.9 Å². The van der Waals surface area contributed by atoms with Crippen LogP contribution in [0.5, 0.6) is 0 Å². The Bertz CT molecular complexity index is 2220. The van der Waals surface area contributed by atoms with Crippen LogP contribution in [0.25, 0.3) is 44.8 Å². The van der Waals surface area contributed by atoms with Gasteiger partial charge in [0.25, 0.3) is 0 Å². The Morgan fingerprint density at radius 3 is 1.05 bits per heavy atom. The van der Waals surface area contributed by atoms with Crippen molar-refractivity contribution in [1.82, 2.24) is 9.97 Å². The second kappa shape index (κ2) is 24.8. The third-order valence-electron chi connectivity index (χ3n) is 16.2. The summed E-state index contributed by atoms with van der Waals surface area (Å²) < 4.78 is 0. The van der Waals surface area contributed by atoms with Crippen LogP contribution in [0, 0.1) is 13.8 Å². The van der Waals surface area contributed by atoms with Crippen LogP contribution in [0.2, 0.25) is 0 Å². The first-order valence-electron chi connectivity index (χ1n) is 27.8. The number of hydrogen-bond donors (Lipinski definition) is 0. The molecule has 66 heavy (non-hydrogen) atoms. The summed E-state index contributed by atoms with van der Waals surface area (Å²) in [5, 5.41) is 0. The molecular formula is C64H88N2. The third-order valence-corrected chi connectivity index (χ3v) is 16.2. The average Bonchev–Trinajstić information content (AvgIpc) is 3.76. The van der Waals surface area contributed by atoms with E-state index in [0.717, 1.165) is 22.8 Å². The second-order valence-electron chi connectivity index (χ2n) is 20.9. The van der Waals surface area contributed by atoms with Crippen LogP contribution in [-0.2, 0) is 10.8 Å². The molecule has 2 nitrogen and oxygen atoms in total. The smallest absolute Gasteiger partial charge is 0.159 e. The number of rotatable bonds is 30. The van der Waals surface area contributed by atoms with Crippen molar-refractivity contribution >= 4 is 0 Å². The van der Waals surface area contributed by atoms with Crippen molar-refractivity contribution in [3.63, 3.8) is 0 Å². The molecule has 2 heteroatoms. The Labute approximate surface area is 403 Å². The Morgan fingerprint density at radius 2 is 0.652 bits per heavy atom. The number of aryl methyl sites for hydroxylation is 2. The molecule has 0 radical (unpaired) electrons.